The van der Waals surface area contributed by atoms with Gasteiger partial charge in [0.2, 0.25) is 0 Å². The van der Waals surface area contributed by atoms with Crippen molar-refractivity contribution >= 4 is 25.5 Å². The molecule has 58 heavy (non-hydrogen) atoms. The van der Waals surface area contributed by atoms with Crippen LogP contribution in [0.4, 0.5) is 0 Å². The Hall–Kier alpha value is -3.44. The molecule has 0 aromatic heterocycles. The largest absolute Gasteiger partial charge is 0.472 e. The number of hydrogen-bond acceptors (Lipinski definition) is 10. The van der Waals surface area contributed by atoms with Crippen LogP contribution in [0.3, 0.4) is 0 Å². The summed E-state index contributed by atoms with van der Waals surface area (Å²) in [5, 5.41) is 18.3. The van der Waals surface area contributed by atoms with Crippen molar-refractivity contribution in [2.24, 2.45) is 0 Å². The monoisotopic (exact) mass is 832 g/mol. The molecular weight excluding hydrogens is 759 g/mol. The van der Waals surface area contributed by atoms with E-state index in [-0.39, 0.29) is 25.2 Å². The summed E-state index contributed by atoms with van der Waals surface area (Å²) in [5.41, 5.74) is 0. The summed E-state index contributed by atoms with van der Waals surface area (Å²) >= 11 is 0. The van der Waals surface area contributed by atoms with Crippen molar-refractivity contribution in [3.8, 4) is 0 Å². The van der Waals surface area contributed by atoms with Crippen molar-refractivity contribution in [2.75, 3.05) is 26.4 Å². The number of carbonyl (C=O) groups excluding carboxylic acids is 3. The van der Waals surface area contributed by atoms with Gasteiger partial charge in [0.25, 0.3) is 0 Å². The summed E-state index contributed by atoms with van der Waals surface area (Å²) in [7, 11) is -4.66. The predicted molar refractivity (Wildman–Crippen MR) is 233 cm³/mol. The molecule has 11 nitrogen and oxygen atoms in total. The van der Waals surface area contributed by atoms with Gasteiger partial charge in [-0.3, -0.25) is 23.4 Å². The maximum atomic E-state index is 12.6. The second-order valence-corrected chi connectivity index (χ2v) is 15.1. The van der Waals surface area contributed by atoms with Gasteiger partial charge in [0.15, 0.2) is 11.9 Å². The van der Waals surface area contributed by atoms with Gasteiger partial charge in [0.05, 0.1) is 19.8 Å². The number of esters is 2. The van der Waals surface area contributed by atoms with Gasteiger partial charge in [0, 0.05) is 19.3 Å². The van der Waals surface area contributed by atoms with Gasteiger partial charge >= 0.3 is 19.8 Å². The second-order valence-electron chi connectivity index (χ2n) is 13.7. The summed E-state index contributed by atoms with van der Waals surface area (Å²) in [6, 6.07) is 0. The molecule has 0 saturated heterocycles. The van der Waals surface area contributed by atoms with Gasteiger partial charge < -0.3 is 24.6 Å². The Morgan fingerprint density at radius 2 is 1.14 bits per heavy atom. The minimum atomic E-state index is -4.66. The molecule has 0 rings (SSSR count). The van der Waals surface area contributed by atoms with E-state index in [1.54, 1.807) is 12.2 Å². The highest BCUT2D eigenvalue weighted by atomic mass is 31.2. The molecule has 0 aliphatic heterocycles. The zero-order valence-electron chi connectivity index (χ0n) is 35.2. The lowest BCUT2D eigenvalue weighted by Gasteiger charge is -2.20. The van der Waals surface area contributed by atoms with Gasteiger partial charge in [-0.05, 0) is 76.7 Å². The van der Waals surface area contributed by atoms with E-state index in [4.69, 9.17) is 19.1 Å². The molecule has 0 heterocycles. The van der Waals surface area contributed by atoms with Gasteiger partial charge in [0.1, 0.15) is 12.7 Å². The first-order chi connectivity index (χ1) is 28.1. The summed E-state index contributed by atoms with van der Waals surface area (Å²) in [5.74, 6) is -0.936. The predicted octanol–water partition coefficient (Wildman–Crippen LogP) is 10.4. The van der Waals surface area contributed by atoms with Gasteiger partial charge in [-0.25, -0.2) is 4.57 Å². The first kappa shape index (κ1) is 54.6. The Morgan fingerprint density at radius 3 is 1.74 bits per heavy atom. The van der Waals surface area contributed by atoms with Crippen molar-refractivity contribution in [3.05, 3.63) is 97.2 Å². The molecule has 0 amide bonds. The van der Waals surface area contributed by atoms with E-state index in [9.17, 15) is 28.9 Å². The van der Waals surface area contributed by atoms with E-state index in [1.165, 1.54) is 0 Å². The van der Waals surface area contributed by atoms with E-state index in [2.05, 4.69) is 73.1 Å². The van der Waals surface area contributed by atoms with Crippen LogP contribution >= 0.6 is 7.82 Å². The Bertz CT molecular complexity index is 1340. The van der Waals surface area contributed by atoms with Crippen LogP contribution < -0.4 is 0 Å². The minimum Gasteiger partial charge on any atom is -0.462 e. The minimum absolute atomic E-state index is 0.0356. The molecule has 0 saturated carbocycles. The number of aliphatic hydroxyl groups is 2. The average molecular weight is 833 g/mol. The SMILES string of the molecule is CC/C=C\C/C=C\C/C=C\C/C=C\C/C=C\C/C=C\CCC(=O)O[C@H](COC(=O)CCCCCCC/C=C\C=C\C(=O)CCCCC)COP(=O)(O)OC[C@@H](O)CO. The zero-order chi connectivity index (χ0) is 42.8. The number of aliphatic hydroxyl groups excluding tert-OH is 2. The quantitative estimate of drug-likeness (QED) is 0.0135. The summed E-state index contributed by atoms with van der Waals surface area (Å²) in [6.45, 7) is 1.94. The van der Waals surface area contributed by atoms with E-state index < -0.39 is 51.8 Å². The Balaban J connectivity index is 4.53. The smallest absolute Gasteiger partial charge is 0.462 e. The van der Waals surface area contributed by atoms with E-state index >= 15 is 0 Å². The Morgan fingerprint density at radius 1 is 0.586 bits per heavy atom. The van der Waals surface area contributed by atoms with E-state index in [0.29, 0.717) is 25.7 Å². The van der Waals surface area contributed by atoms with Gasteiger partial charge in [-0.2, -0.15) is 0 Å². The normalized spacial score (nSPS) is 14.7. The fourth-order valence-electron chi connectivity index (χ4n) is 4.94. The second kappa shape index (κ2) is 40.3. The highest BCUT2D eigenvalue weighted by Gasteiger charge is 2.27. The number of hydrogen-bond donors (Lipinski definition) is 3. The Kier molecular flexibility index (Phi) is 38.0. The van der Waals surface area contributed by atoms with Gasteiger partial charge in [-0.1, -0.05) is 137 Å². The van der Waals surface area contributed by atoms with Crippen LogP contribution in [0.5, 0.6) is 0 Å². The summed E-state index contributed by atoms with van der Waals surface area (Å²) < 4.78 is 32.5. The van der Waals surface area contributed by atoms with Crippen LogP contribution in [-0.4, -0.2) is 71.5 Å². The zero-order valence-corrected chi connectivity index (χ0v) is 36.1. The molecule has 0 spiro atoms. The molecule has 0 radical (unpaired) electrons. The van der Waals surface area contributed by atoms with E-state index in [1.807, 2.05) is 30.4 Å². The molecule has 12 heteroatoms. The van der Waals surface area contributed by atoms with Crippen LogP contribution in [0, 0.1) is 0 Å². The average Bonchev–Trinajstić information content (AvgIpc) is 3.20. The molecular formula is C46H73O11P. The first-order valence-corrected chi connectivity index (χ1v) is 22.6. The fourth-order valence-corrected chi connectivity index (χ4v) is 5.73. The third-order valence-corrected chi connectivity index (χ3v) is 9.16. The number of rotatable bonds is 38. The van der Waals surface area contributed by atoms with Crippen LogP contribution in [0.25, 0.3) is 0 Å². The molecule has 3 atom stereocenters. The van der Waals surface area contributed by atoms with Crippen molar-refractivity contribution < 1.29 is 52.6 Å². The molecule has 1 unspecified atom stereocenters. The highest BCUT2D eigenvalue weighted by Crippen LogP contribution is 2.43. The number of ketones is 1. The standard InChI is InChI=1S/C46H73O11P/c1-3-5-7-8-9-10-11-12-13-14-15-16-17-18-19-22-26-29-33-37-46(51)57-44(41-56-58(52,53)55-39-43(49)38-47)40-54-45(50)36-32-28-25-23-20-21-24-27-31-35-42(48)34-30-6-4-2/h5,7,9-10,12-13,15-16,18-19,24,26-27,29,31,35,43-44,47,49H,3-4,6,8,11,14,17,20-23,25,28,30,32-34,36-41H2,1-2H3,(H,52,53)/b7-5-,10-9-,13-12-,16-15-,19-18-,27-24-,29-26-,35-31+/t43-,44+/m0/s1. The molecule has 3 N–H and O–H groups in total. The highest BCUT2D eigenvalue weighted by molar-refractivity contribution is 7.47. The number of carbonyl (C=O) groups is 3. The van der Waals surface area contributed by atoms with Gasteiger partial charge in [-0.15, -0.1) is 0 Å². The topological polar surface area (TPSA) is 166 Å². The first-order valence-electron chi connectivity index (χ1n) is 21.1. The van der Waals surface area contributed by atoms with Crippen LogP contribution in [0.1, 0.15) is 136 Å². The number of unbranched alkanes of at least 4 members (excludes halogenated alkanes) is 7. The molecule has 0 aliphatic rings. The lowest BCUT2D eigenvalue weighted by atomic mass is 10.1. The van der Waals surface area contributed by atoms with Crippen molar-refractivity contribution in [3.63, 3.8) is 0 Å². The maximum Gasteiger partial charge on any atom is 0.472 e. The summed E-state index contributed by atoms with van der Waals surface area (Å²) in [4.78, 5) is 46.7. The van der Waals surface area contributed by atoms with E-state index in [0.717, 1.165) is 83.5 Å². The van der Waals surface area contributed by atoms with Crippen molar-refractivity contribution in [1.82, 2.24) is 0 Å². The molecule has 0 aromatic rings. The third-order valence-electron chi connectivity index (χ3n) is 8.21. The van der Waals surface area contributed by atoms with Crippen LogP contribution in [0.15, 0.2) is 97.2 Å². The number of phosphoric acid groups is 1. The lowest BCUT2D eigenvalue weighted by molar-refractivity contribution is -0.161. The number of ether oxygens (including phenoxy) is 2. The number of phosphoric ester groups is 1. The maximum absolute atomic E-state index is 12.6. The van der Waals surface area contributed by atoms with Crippen molar-refractivity contribution in [1.29, 1.82) is 0 Å². The van der Waals surface area contributed by atoms with Crippen LogP contribution in [-0.2, 0) is 37.5 Å². The Labute approximate surface area is 349 Å². The lowest BCUT2D eigenvalue weighted by Crippen LogP contribution is -2.29. The summed E-state index contributed by atoms with van der Waals surface area (Å²) in [6.07, 6.45) is 45.1. The van der Waals surface area contributed by atoms with Crippen LogP contribution in [0.2, 0.25) is 0 Å². The molecule has 328 valence electrons. The molecule has 0 bridgehead atoms. The third kappa shape index (κ3) is 39.4. The fraction of sp³-hybridized carbons (Fsp3) is 0.587. The molecule has 0 fully saturated rings. The molecule has 0 aromatic carbocycles. The number of allylic oxidation sites excluding steroid dienone is 16. The molecule has 0 aliphatic carbocycles. The van der Waals surface area contributed by atoms with Crippen molar-refractivity contribution in [2.45, 2.75) is 148 Å².